The topological polar surface area (TPSA) is 270 Å². The van der Waals surface area contributed by atoms with Crippen LogP contribution in [0.4, 0.5) is 0 Å². The molecule has 4 atom stereocenters. The van der Waals surface area contributed by atoms with E-state index in [4.69, 9.17) is 22.9 Å². The van der Waals surface area contributed by atoms with E-state index in [-0.39, 0.29) is 31.1 Å². The predicted molar refractivity (Wildman–Crippen MR) is 146 cm³/mol. The van der Waals surface area contributed by atoms with Crippen molar-refractivity contribution in [2.45, 2.75) is 83.0 Å². The second-order valence-electron chi connectivity index (χ2n) is 9.77. The van der Waals surface area contributed by atoms with Gasteiger partial charge in [-0.25, -0.2) is 9.78 Å². The van der Waals surface area contributed by atoms with Crippen molar-refractivity contribution in [3.05, 3.63) is 18.2 Å². The van der Waals surface area contributed by atoms with E-state index in [0.717, 1.165) is 0 Å². The highest BCUT2D eigenvalue weighted by atomic mass is 16.4. The lowest BCUT2D eigenvalue weighted by Crippen LogP contribution is -2.57. The molecule has 0 saturated heterocycles. The zero-order valence-corrected chi connectivity index (χ0v) is 22.7. The van der Waals surface area contributed by atoms with Crippen LogP contribution >= 0.6 is 0 Å². The normalized spacial score (nSPS) is 14.1. The third-order valence-electron chi connectivity index (χ3n) is 5.82. The van der Waals surface area contributed by atoms with Crippen molar-refractivity contribution < 1.29 is 24.3 Å². The predicted octanol–water partition coefficient (Wildman–Crippen LogP) is -1.95. The molecule has 1 aromatic heterocycles. The number of hydrogen-bond acceptors (Lipinski definition) is 8. The van der Waals surface area contributed by atoms with E-state index in [1.54, 1.807) is 0 Å². The highest BCUT2D eigenvalue weighted by Gasteiger charge is 2.30. The molecular formula is C24H44N10O5. The zero-order valence-electron chi connectivity index (χ0n) is 22.7. The third kappa shape index (κ3) is 13.6. The number of carboxylic acids is 1. The van der Waals surface area contributed by atoms with Crippen molar-refractivity contribution >= 4 is 29.7 Å². The van der Waals surface area contributed by atoms with Crippen molar-refractivity contribution in [2.75, 3.05) is 13.1 Å². The first-order valence-electron chi connectivity index (χ1n) is 13.1. The van der Waals surface area contributed by atoms with Gasteiger partial charge in [0.15, 0.2) is 5.96 Å². The molecule has 0 aliphatic carbocycles. The third-order valence-corrected chi connectivity index (χ3v) is 5.82. The first kappa shape index (κ1) is 33.3. The Bertz CT molecular complexity index is 934. The largest absolute Gasteiger partial charge is 0.480 e. The number of aromatic nitrogens is 2. The maximum atomic E-state index is 13.3. The molecular weight excluding hydrogens is 508 g/mol. The molecule has 0 aliphatic heterocycles. The maximum Gasteiger partial charge on any atom is 0.326 e. The molecule has 1 aromatic rings. The smallest absolute Gasteiger partial charge is 0.326 e. The van der Waals surface area contributed by atoms with Gasteiger partial charge in [-0.2, -0.15) is 0 Å². The number of nitrogens with zero attached hydrogens (tertiary/aromatic N) is 2. The monoisotopic (exact) mass is 552 g/mol. The van der Waals surface area contributed by atoms with Gasteiger partial charge in [-0.1, -0.05) is 13.8 Å². The minimum Gasteiger partial charge on any atom is -0.480 e. The van der Waals surface area contributed by atoms with Crippen LogP contribution < -0.4 is 38.9 Å². The Morgan fingerprint density at radius 2 is 1.62 bits per heavy atom. The van der Waals surface area contributed by atoms with E-state index in [9.17, 15) is 24.3 Å². The molecule has 0 fully saturated rings. The molecule has 15 nitrogen and oxygen atoms in total. The van der Waals surface area contributed by atoms with Gasteiger partial charge < -0.3 is 49.0 Å². The molecule has 0 spiro atoms. The second kappa shape index (κ2) is 17.7. The summed E-state index contributed by atoms with van der Waals surface area (Å²) < 4.78 is 0. The molecule has 220 valence electrons. The lowest BCUT2D eigenvalue weighted by atomic mass is 10.0. The number of unbranched alkanes of at least 4 members (excludes halogenated alkanes) is 1. The quantitative estimate of drug-likeness (QED) is 0.0519. The molecule has 0 aliphatic rings. The van der Waals surface area contributed by atoms with Crippen LogP contribution in [0.1, 0.15) is 58.1 Å². The second-order valence-corrected chi connectivity index (χ2v) is 9.77. The first-order chi connectivity index (χ1) is 18.4. The van der Waals surface area contributed by atoms with Gasteiger partial charge in [0, 0.05) is 24.9 Å². The number of aromatic amines is 1. The number of nitrogens with one attached hydrogen (secondary N) is 4. The Kier molecular flexibility index (Phi) is 15.1. The minimum absolute atomic E-state index is 0.000792. The summed E-state index contributed by atoms with van der Waals surface area (Å²) >= 11 is 0. The number of carboxylic acid groups (broad SMARTS) is 1. The molecule has 4 unspecified atom stereocenters. The van der Waals surface area contributed by atoms with Gasteiger partial charge in [0.2, 0.25) is 17.7 Å². The lowest BCUT2D eigenvalue weighted by molar-refractivity contribution is -0.142. The Balaban J connectivity index is 2.92. The SMILES string of the molecule is CC(C)CC(NC(=O)C(CCCCN)NC(=O)C(N)CCCN=C(N)N)C(=O)NC(Cc1cnc[nH]1)C(=O)O. The molecule has 0 radical (unpaired) electrons. The fourth-order valence-electron chi connectivity index (χ4n) is 3.75. The van der Waals surface area contributed by atoms with Gasteiger partial charge in [-0.3, -0.25) is 19.4 Å². The average Bonchev–Trinajstić information content (AvgIpc) is 3.37. The van der Waals surface area contributed by atoms with Gasteiger partial charge in [-0.05, 0) is 51.0 Å². The van der Waals surface area contributed by atoms with Gasteiger partial charge in [0.1, 0.15) is 18.1 Å². The number of amides is 3. The van der Waals surface area contributed by atoms with Crippen LogP contribution in [0.15, 0.2) is 17.5 Å². The number of rotatable bonds is 19. The summed E-state index contributed by atoms with van der Waals surface area (Å²) in [5.74, 6) is -3.03. The van der Waals surface area contributed by atoms with Crippen LogP contribution in [0.2, 0.25) is 0 Å². The van der Waals surface area contributed by atoms with E-state index in [2.05, 4.69) is 30.9 Å². The van der Waals surface area contributed by atoms with E-state index >= 15 is 0 Å². The van der Waals surface area contributed by atoms with E-state index in [1.165, 1.54) is 12.5 Å². The number of carbonyl (C=O) groups is 4. The van der Waals surface area contributed by atoms with Gasteiger partial charge in [-0.15, -0.1) is 0 Å². The maximum absolute atomic E-state index is 13.3. The molecule has 15 heteroatoms. The molecule has 0 saturated carbocycles. The first-order valence-corrected chi connectivity index (χ1v) is 13.1. The van der Waals surface area contributed by atoms with Gasteiger partial charge >= 0.3 is 5.97 Å². The van der Waals surface area contributed by atoms with Crippen molar-refractivity contribution in [2.24, 2.45) is 33.8 Å². The Morgan fingerprint density at radius 3 is 2.18 bits per heavy atom. The van der Waals surface area contributed by atoms with Crippen LogP contribution in [-0.2, 0) is 25.6 Å². The summed E-state index contributed by atoms with van der Waals surface area (Å²) in [7, 11) is 0. The molecule has 3 amide bonds. The highest BCUT2D eigenvalue weighted by Crippen LogP contribution is 2.09. The number of aliphatic carboxylic acids is 1. The summed E-state index contributed by atoms with van der Waals surface area (Å²) in [6.45, 7) is 4.46. The number of imidazole rings is 1. The van der Waals surface area contributed by atoms with Crippen LogP contribution in [0.5, 0.6) is 0 Å². The number of carbonyl (C=O) groups excluding carboxylic acids is 3. The summed E-state index contributed by atoms with van der Waals surface area (Å²) in [4.78, 5) is 61.3. The number of hydrogen-bond donors (Lipinski definition) is 9. The summed E-state index contributed by atoms with van der Waals surface area (Å²) in [6.07, 6.45) is 5.35. The standard InChI is InChI=1S/C24H44N10O5/c1-14(2)10-18(22(37)34-19(23(38)39)11-15-12-29-13-31-15)33-21(36)17(7-3-4-8-25)32-20(35)16(26)6-5-9-30-24(27)28/h12-14,16-19H,3-11,25-26H2,1-2H3,(H,29,31)(H,32,35)(H,33,36)(H,34,37)(H,38,39)(H4,27,28,30). The van der Waals surface area contributed by atoms with Crippen molar-refractivity contribution in [3.8, 4) is 0 Å². The fourth-order valence-corrected chi connectivity index (χ4v) is 3.75. The Morgan fingerprint density at radius 1 is 0.974 bits per heavy atom. The lowest BCUT2D eigenvalue weighted by Gasteiger charge is -2.26. The van der Waals surface area contributed by atoms with E-state index in [0.29, 0.717) is 44.5 Å². The molecule has 13 N–H and O–H groups in total. The van der Waals surface area contributed by atoms with Crippen LogP contribution in [0, 0.1) is 5.92 Å². The molecule has 39 heavy (non-hydrogen) atoms. The number of H-pyrrole nitrogens is 1. The molecule has 0 bridgehead atoms. The number of guanidine groups is 1. The highest BCUT2D eigenvalue weighted by molar-refractivity contribution is 5.94. The Labute approximate surface area is 228 Å². The molecule has 0 aromatic carbocycles. The van der Waals surface area contributed by atoms with Crippen molar-refractivity contribution in [3.63, 3.8) is 0 Å². The van der Waals surface area contributed by atoms with Crippen LogP contribution in [-0.4, -0.2) is 82.0 Å². The molecule has 1 rings (SSSR count). The van der Waals surface area contributed by atoms with Crippen molar-refractivity contribution in [1.82, 2.24) is 25.9 Å². The van der Waals surface area contributed by atoms with E-state index in [1.807, 2.05) is 13.8 Å². The average molecular weight is 553 g/mol. The summed E-state index contributed by atoms with van der Waals surface area (Å²) in [5.41, 5.74) is 22.7. The number of aliphatic imine (C=N–C) groups is 1. The van der Waals surface area contributed by atoms with Gasteiger partial charge in [0.25, 0.3) is 0 Å². The Hall–Kier alpha value is -3.72. The van der Waals surface area contributed by atoms with E-state index < -0.39 is 47.9 Å². The van der Waals surface area contributed by atoms with Crippen LogP contribution in [0.25, 0.3) is 0 Å². The summed E-state index contributed by atoms with van der Waals surface area (Å²) in [5, 5.41) is 17.5. The molecule has 1 heterocycles. The van der Waals surface area contributed by atoms with Gasteiger partial charge in [0.05, 0.1) is 12.4 Å². The fraction of sp³-hybridized carbons (Fsp3) is 0.667. The van der Waals surface area contributed by atoms with Crippen LogP contribution in [0.3, 0.4) is 0 Å². The van der Waals surface area contributed by atoms with Crippen molar-refractivity contribution in [1.29, 1.82) is 0 Å². The summed E-state index contributed by atoms with van der Waals surface area (Å²) in [6, 6.07) is -4.11. The minimum atomic E-state index is -1.23. The number of nitrogens with two attached hydrogens (primary N) is 4. The zero-order chi connectivity index (χ0) is 29.4.